The highest BCUT2D eigenvalue weighted by Crippen LogP contribution is 2.17. The number of rotatable bonds is 3. The molecule has 6 heteroatoms. The van der Waals surface area contributed by atoms with Gasteiger partial charge in [-0.25, -0.2) is 0 Å². The number of ketones is 1. The molecule has 0 unspecified atom stereocenters. The summed E-state index contributed by atoms with van der Waals surface area (Å²) in [5.41, 5.74) is 1.30. The lowest BCUT2D eigenvalue weighted by Gasteiger charge is -2.02. The number of hydrogen-bond donors (Lipinski definition) is 0. The molecule has 2 aromatic heterocycles. The van der Waals surface area contributed by atoms with E-state index in [2.05, 4.69) is 20.4 Å². The van der Waals surface area contributed by atoms with Gasteiger partial charge >= 0.3 is 0 Å². The minimum absolute atomic E-state index is 0.0581. The smallest absolute Gasteiger partial charge is 0.182 e. The molecule has 0 aliphatic rings. The van der Waals surface area contributed by atoms with Gasteiger partial charge in [-0.2, -0.15) is 4.80 Å². The number of carbonyl (C=O) groups excluding carboxylic acids is 1. The molecule has 0 aliphatic carbocycles. The molecule has 0 atom stereocenters. The van der Waals surface area contributed by atoms with E-state index in [4.69, 9.17) is 0 Å². The molecule has 0 saturated carbocycles. The Bertz CT molecular complexity index is 744. The predicted molar refractivity (Wildman–Crippen MR) is 68.6 cm³/mol. The Hall–Kier alpha value is -2.63. The van der Waals surface area contributed by atoms with Gasteiger partial charge in [-0.05, 0) is 17.3 Å². The molecule has 2 heterocycles. The van der Waals surface area contributed by atoms with E-state index in [1.54, 1.807) is 19.3 Å². The molecule has 6 nitrogen and oxygen atoms in total. The molecular formula is C13H11N5O. The van der Waals surface area contributed by atoms with E-state index in [-0.39, 0.29) is 12.2 Å². The number of aromatic nitrogens is 5. The van der Waals surface area contributed by atoms with Crippen LogP contribution >= 0.6 is 0 Å². The van der Waals surface area contributed by atoms with Crippen LogP contribution in [0.3, 0.4) is 0 Å². The topological polar surface area (TPSA) is 73.6 Å². The second kappa shape index (κ2) is 4.56. The summed E-state index contributed by atoms with van der Waals surface area (Å²) in [4.78, 5) is 17.9. The predicted octanol–water partition coefficient (Wildman–Crippen LogP) is 1.18. The first-order valence-electron chi connectivity index (χ1n) is 5.84. The summed E-state index contributed by atoms with van der Waals surface area (Å²) in [5.74, 6) is 0.359. The summed E-state index contributed by atoms with van der Waals surface area (Å²) in [7, 11) is 1.67. The van der Waals surface area contributed by atoms with Gasteiger partial charge in [0.1, 0.15) is 0 Å². The number of tetrazole rings is 1. The number of aryl methyl sites for hydroxylation is 1. The average molecular weight is 253 g/mol. The molecular weight excluding hydrogens is 242 g/mol. The quantitative estimate of drug-likeness (QED) is 0.655. The molecule has 0 bridgehead atoms. The number of benzene rings is 1. The first kappa shape index (κ1) is 11.5. The van der Waals surface area contributed by atoms with Crippen LogP contribution in [0.5, 0.6) is 0 Å². The van der Waals surface area contributed by atoms with E-state index in [0.717, 1.165) is 5.39 Å². The molecule has 1 aromatic carbocycles. The van der Waals surface area contributed by atoms with Crippen molar-refractivity contribution in [2.45, 2.75) is 6.42 Å². The second-order valence-corrected chi connectivity index (χ2v) is 4.18. The van der Waals surface area contributed by atoms with E-state index < -0.39 is 0 Å². The highest BCUT2D eigenvalue weighted by Gasteiger charge is 2.14. The number of Topliss-reactive ketones (excluding diaryl/α,β-unsaturated/α-hetero) is 1. The van der Waals surface area contributed by atoms with Gasteiger partial charge in [0, 0.05) is 17.1 Å². The molecule has 0 spiro atoms. The summed E-state index contributed by atoms with van der Waals surface area (Å²) < 4.78 is 0. The number of fused-ring (bicyclic) bond motifs is 1. The fourth-order valence-electron chi connectivity index (χ4n) is 1.96. The van der Waals surface area contributed by atoms with E-state index in [1.807, 2.05) is 24.3 Å². The van der Waals surface area contributed by atoms with Crippen molar-refractivity contribution in [1.82, 2.24) is 25.2 Å². The molecule has 0 fully saturated rings. The number of para-hydroxylation sites is 1. The van der Waals surface area contributed by atoms with Crippen LogP contribution in [0.25, 0.3) is 10.9 Å². The van der Waals surface area contributed by atoms with Gasteiger partial charge in [-0.1, -0.05) is 18.2 Å². The Kier molecular flexibility index (Phi) is 2.75. The van der Waals surface area contributed by atoms with Crippen molar-refractivity contribution in [3.8, 4) is 0 Å². The first-order valence-corrected chi connectivity index (χ1v) is 5.84. The van der Waals surface area contributed by atoms with Crippen molar-refractivity contribution in [3.05, 3.63) is 47.9 Å². The van der Waals surface area contributed by atoms with Crippen LogP contribution in [0.4, 0.5) is 0 Å². The number of carbonyl (C=O) groups is 1. The molecule has 0 aliphatic heterocycles. The van der Waals surface area contributed by atoms with Crippen molar-refractivity contribution < 1.29 is 4.79 Å². The van der Waals surface area contributed by atoms with Crippen LogP contribution in [0.15, 0.2) is 36.5 Å². The normalized spacial score (nSPS) is 10.8. The van der Waals surface area contributed by atoms with Gasteiger partial charge < -0.3 is 0 Å². The van der Waals surface area contributed by atoms with E-state index in [0.29, 0.717) is 16.9 Å². The van der Waals surface area contributed by atoms with Gasteiger partial charge in [0.05, 0.1) is 19.0 Å². The zero-order valence-electron chi connectivity index (χ0n) is 10.3. The third-order valence-corrected chi connectivity index (χ3v) is 2.80. The average Bonchev–Trinajstić information content (AvgIpc) is 2.83. The van der Waals surface area contributed by atoms with Crippen LogP contribution in [0.2, 0.25) is 0 Å². The first-order chi connectivity index (χ1) is 9.24. The minimum Gasteiger partial charge on any atom is -0.294 e. The Morgan fingerprint density at radius 3 is 2.89 bits per heavy atom. The highest BCUT2D eigenvalue weighted by molar-refractivity contribution is 6.07. The van der Waals surface area contributed by atoms with Gasteiger partial charge in [0.2, 0.25) is 0 Å². The molecule has 19 heavy (non-hydrogen) atoms. The zero-order chi connectivity index (χ0) is 13.2. The molecule has 3 rings (SSSR count). The van der Waals surface area contributed by atoms with Crippen molar-refractivity contribution in [1.29, 1.82) is 0 Å². The Morgan fingerprint density at radius 2 is 2.11 bits per heavy atom. The maximum Gasteiger partial charge on any atom is 0.182 e. The van der Waals surface area contributed by atoms with Crippen LogP contribution in [0.1, 0.15) is 16.2 Å². The van der Waals surface area contributed by atoms with Gasteiger partial charge in [0.25, 0.3) is 0 Å². The maximum atomic E-state index is 12.3. The van der Waals surface area contributed by atoms with Gasteiger partial charge in [-0.15, -0.1) is 10.2 Å². The summed E-state index contributed by atoms with van der Waals surface area (Å²) in [6.07, 6.45) is 1.81. The highest BCUT2D eigenvalue weighted by atomic mass is 16.1. The fourth-order valence-corrected chi connectivity index (χ4v) is 1.96. The Balaban J connectivity index is 1.97. The SMILES string of the molecule is Cn1nnc(CC(=O)c2cccc3cccnc23)n1. The second-order valence-electron chi connectivity index (χ2n) is 4.18. The van der Waals surface area contributed by atoms with E-state index in [9.17, 15) is 4.79 Å². The van der Waals surface area contributed by atoms with Gasteiger partial charge in [-0.3, -0.25) is 9.78 Å². The zero-order valence-corrected chi connectivity index (χ0v) is 10.3. The van der Waals surface area contributed by atoms with Crippen molar-refractivity contribution in [2.75, 3.05) is 0 Å². The van der Waals surface area contributed by atoms with Crippen LogP contribution in [0, 0.1) is 0 Å². The van der Waals surface area contributed by atoms with Crippen molar-refractivity contribution in [2.24, 2.45) is 7.05 Å². The Labute approximate surface area is 109 Å². The van der Waals surface area contributed by atoms with E-state index >= 15 is 0 Å². The molecule has 3 aromatic rings. The van der Waals surface area contributed by atoms with E-state index in [1.165, 1.54) is 4.80 Å². The third kappa shape index (κ3) is 2.20. The lowest BCUT2D eigenvalue weighted by atomic mass is 10.0. The summed E-state index contributed by atoms with van der Waals surface area (Å²) in [6, 6.07) is 9.33. The molecule has 0 radical (unpaired) electrons. The third-order valence-electron chi connectivity index (χ3n) is 2.80. The van der Waals surface area contributed by atoms with Crippen molar-refractivity contribution >= 4 is 16.7 Å². The minimum atomic E-state index is -0.0581. The monoisotopic (exact) mass is 253 g/mol. The fraction of sp³-hybridized carbons (Fsp3) is 0.154. The summed E-state index contributed by atoms with van der Waals surface area (Å²) in [5, 5.41) is 12.5. The van der Waals surface area contributed by atoms with Crippen molar-refractivity contribution in [3.63, 3.8) is 0 Å². The van der Waals surface area contributed by atoms with Crippen LogP contribution in [-0.2, 0) is 13.5 Å². The largest absolute Gasteiger partial charge is 0.294 e. The van der Waals surface area contributed by atoms with Gasteiger partial charge in [0.15, 0.2) is 11.6 Å². The molecule has 0 N–H and O–H groups in total. The lowest BCUT2D eigenvalue weighted by molar-refractivity contribution is 0.0992. The summed E-state index contributed by atoms with van der Waals surface area (Å²) in [6.45, 7) is 0. The number of pyridine rings is 1. The molecule has 0 amide bonds. The molecule has 0 saturated heterocycles. The van der Waals surface area contributed by atoms with Crippen LogP contribution < -0.4 is 0 Å². The number of nitrogens with zero attached hydrogens (tertiary/aromatic N) is 5. The maximum absolute atomic E-state index is 12.3. The Morgan fingerprint density at radius 1 is 1.26 bits per heavy atom. The van der Waals surface area contributed by atoms with Crippen LogP contribution in [-0.4, -0.2) is 31.0 Å². The standard InChI is InChI=1S/C13H11N5O/c1-18-16-12(15-17-18)8-11(19)10-6-2-4-9-5-3-7-14-13(9)10/h2-7H,8H2,1H3. The lowest BCUT2D eigenvalue weighted by Crippen LogP contribution is -2.06. The number of hydrogen-bond acceptors (Lipinski definition) is 5. The summed E-state index contributed by atoms with van der Waals surface area (Å²) >= 11 is 0. The molecule has 94 valence electrons.